The number of allylic oxidation sites excluding steroid dienone is 1. The molecule has 92 valence electrons. The summed E-state index contributed by atoms with van der Waals surface area (Å²) < 4.78 is 0. The molecule has 1 aromatic carbocycles. The number of alkyl halides is 1. The van der Waals surface area contributed by atoms with Crippen LogP contribution in [0.2, 0.25) is 0 Å². The van der Waals surface area contributed by atoms with E-state index in [0.717, 1.165) is 6.42 Å². The Morgan fingerprint density at radius 1 is 1.12 bits per heavy atom. The first kappa shape index (κ1) is 12.7. The quantitative estimate of drug-likeness (QED) is 0.604. The fourth-order valence-electron chi connectivity index (χ4n) is 2.94. The van der Waals surface area contributed by atoms with E-state index >= 15 is 0 Å². The third-order valence-corrected chi connectivity index (χ3v) is 5.07. The summed E-state index contributed by atoms with van der Waals surface area (Å²) in [5.74, 6) is 0. The summed E-state index contributed by atoms with van der Waals surface area (Å²) in [7, 11) is 0. The first-order chi connectivity index (χ1) is 7.84. The number of hydrogen-bond donors (Lipinski definition) is 0. The highest BCUT2D eigenvalue weighted by molar-refractivity contribution is 6.22. The lowest BCUT2D eigenvalue weighted by atomic mass is 9.82. The van der Waals surface area contributed by atoms with Gasteiger partial charge in [-0.05, 0) is 17.4 Å². The molecule has 17 heavy (non-hydrogen) atoms. The van der Waals surface area contributed by atoms with Crippen LogP contribution in [0.25, 0.3) is 6.08 Å². The zero-order chi connectivity index (χ0) is 12.7. The molecule has 0 nitrogen and oxygen atoms in total. The van der Waals surface area contributed by atoms with Gasteiger partial charge in [-0.2, -0.15) is 0 Å². The fraction of sp³-hybridized carbons (Fsp3) is 0.500. The van der Waals surface area contributed by atoms with Gasteiger partial charge < -0.3 is 0 Å². The van der Waals surface area contributed by atoms with E-state index in [1.165, 1.54) is 11.1 Å². The highest BCUT2D eigenvalue weighted by Gasteiger charge is 2.49. The molecular weight excluding hydrogens is 228 g/mol. The molecule has 0 spiro atoms. The van der Waals surface area contributed by atoms with Crippen LogP contribution in [0.15, 0.2) is 35.9 Å². The molecule has 0 aliphatic heterocycles. The predicted octanol–water partition coefficient (Wildman–Crippen LogP) is 5.13. The van der Waals surface area contributed by atoms with Gasteiger partial charge >= 0.3 is 0 Å². The van der Waals surface area contributed by atoms with Crippen molar-refractivity contribution in [3.63, 3.8) is 0 Å². The summed E-state index contributed by atoms with van der Waals surface area (Å²) in [5, 5.41) is 0.199. The maximum absolute atomic E-state index is 6.62. The van der Waals surface area contributed by atoms with Crippen LogP contribution in [-0.4, -0.2) is 5.38 Å². The molecule has 1 aliphatic carbocycles. The van der Waals surface area contributed by atoms with E-state index in [-0.39, 0.29) is 16.2 Å². The average molecular weight is 249 g/mol. The summed E-state index contributed by atoms with van der Waals surface area (Å²) in [6, 6.07) is 10.5. The Labute approximate surface area is 110 Å². The van der Waals surface area contributed by atoms with Crippen LogP contribution in [0.1, 0.15) is 39.7 Å². The van der Waals surface area contributed by atoms with E-state index in [0.29, 0.717) is 0 Å². The van der Waals surface area contributed by atoms with Crippen molar-refractivity contribution in [3.8, 4) is 0 Å². The smallest absolute Gasteiger partial charge is 0.0478 e. The second kappa shape index (κ2) is 4.17. The third-order valence-electron chi connectivity index (χ3n) is 3.93. The van der Waals surface area contributed by atoms with Crippen molar-refractivity contribution >= 4 is 17.7 Å². The minimum Gasteiger partial charge on any atom is -0.121 e. The summed E-state index contributed by atoms with van der Waals surface area (Å²) in [4.78, 5) is 0. The molecular formula is C16H21Cl. The Hall–Kier alpha value is -0.750. The Balaban J connectivity index is 2.38. The van der Waals surface area contributed by atoms with E-state index in [2.05, 4.69) is 64.1 Å². The van der Waals surface area contributed by atoms with Crippen molar-refractivity contribution < 1.29 is 0 Å². The Morgan fingerprint density at radius 2 is 1.71 bits per heavy atom. The van der Waals surface area contributed by atoms with Gasteiger partial charge in [-0.1, -0.05) is 69.7 Å². The van der Waals surface area contributed by atoms with Crippen LogP contribution >= 0.6 is 11.6 Å². The van der Waals surface area contributed by atoms with E-state index in [1.807, 2.05) is 0 Å². The molecule has 1 atom stereocenters. The van der Waals surface area contributed by atoms with Gasteiger partial charge in [0, 0.05) is 10.8 Å². The van der Waals surface area contributed by atoms with Crippen LogP contribution < -0.4 is 0 Å². The zero-order valence-electron chi connectivity index (χ0n) is 11.1. The highest BCUT2D eigenvalue weighted by atomic mass is 35.5. The van der Waals surface area contributed by atoms with E-state index in [1.54, 1.807) is 0 Å². The van der Waals surface area contributed by atoms with Crippen molar-refractivity contribution in [1.82, 2.24) is 0 Å². The maximum Gasteiger partial charge on any atom is 0.0478 e. The number of hydrogen-bond acceptors (Lipinski definition) is 0. The lowest BCUT2D eigenvalue weighted by Gasteiger charge is -2.29. The van der Waals surface area contributed by atoms with E-state index in [9.17, 15) is 0 Å². The van der Waals surface area contributed by atoms with Crippen molar-refractivity contribution in [1.29, 1.82) is 0 Å². The van der Waals surface area contributed by atoms with Gasteiger partial charge in [0.25, 0.3) is 0 Å². The van der Waals surface area contributed by atoms with Crippen molar-refractivity contribution in [2.24, 2.45) is 10.8 Å². The average Bonchev–Trinajstić information content (AvgIpc) is 2.41. The first-order valence-corrected chi connectivity index (χ1v) is 6.68. The molecule has 0 radical (unpaired) electrons. The van der Waals surface area contributed by atoms with Gasteiger partial charge in [0.1, 0.15) is 0 Å². The lowest BCUT2D eigenvalue weighted by molar-refractivity contribution is 0.324. The van der Waals surface area contributed by atoms with Gasteiger partial charge in [-0.15, -0.1) is 11.6 Å². The van der Waals surface area contributed by atoms with E-state index < -0.39 is 0 Å². The molecule has 1 aliphatic rings. The van der Waals surface area contributed by atoms with Crippen LogP contribution in [-0.2, 0) is 0 Å². The predicted molar refractivity (Wildman–Crippen MR) is 76.2 cm³/mol. The Morgan fingerprint density at radius 3 is 2.18 bits per heavy atom. The second-order valence-corrected chi connectivity index (χ2v) is 6.77. The molecule has 2 rings (SSSR count). The maximum atomic E-state index is 6.62. The minimum atomic E-state index is 0.0842. The Kier molecular flexibility index (Phi) is 3.12. The normalized spacial score (nSPS) is 28.5. The number of halogens is 1. The van der Waals surface area contributed by atoms with Gasteiger partial charge in [0.05, 0.1) is 0 Å². The van der Waals surface area contributed by atoms with Gasteiger partial charge in [0.15, 0.2) is 0 Å². The molecule has 0 amide bonds. The largest absolute Gasteiger partial charge is 0.121 e. The van der Waals surface area contributed by atoms with Crippen LogP contribution in [0.3, 0.4) is 0 Å². The summed E-state index contributed by atoms with van der Waals surface area (Å²) in [6.45, 7) is 9.04. The molecule has 0 N–H and O–H groups in total. The Bertz CT molecular complexity index is 426. The monoisotopic (exact) mass is 248 g/mol. The second-order valence-electron chi connectivity index (χ2n) is 6.33. The zero-order valence-corrected chi connectivity index (χ0v) is 11.9. The van der Waals surface area contributed by atoms with Gasteiger partial charge in [-0.3, -0.25) is 0 Å². The fourth-order valence-corrected chi connectivity index (χ4v) is 3.15. The van der Waals surface area contributed by atoms with E-state index in [4.69, 9.17) is 11.6 Å². The summed E-state index contributed by atoms with van der Waals surface area (Å²) in [5.41, 5.74) is 3.01. The standard InChI is InChI=1S/C16H21Cl/c1-15(2)11-13(16(3,4)14(15)17)10-12-8-6-5-7-9-12/h5-10,14H,11H2,1-4H3. The SMILES string of the molecule is CC1(C)CC(=Cc2ccccc2)C(C)(C)C1Cl. The topological polar surface area (TPSA) is 0 Å². The summed E-state index contributed by atoms with van der Waals surface area (Å²) in [6.07, 6.45) is 3.40. The molecule has 1 fully saturated rings. The summed E-state index contributed by atoms with van der Waals surface area (Å²) >= 11 is 6.62. The molecule has 0 heterocycles. The molecule has 0 bridgehead atoms. The molecule has 1 aromatic rings. The third kappa shape index (κ3) is 2.28. The molecule has 0 saturated heterocycles. The van der Waals surface area contributed by atoms with Crippen molar-refractivity contribution in [2.75, 3.05) is 0 Å². The molecule has 1 heteroatoms. The van der Waals surface area contributed by atoms with Crippen molar-refractivity contribution in [2.45, 2.75) is 39.5 Å². The molecule has 0 aromatic heterocycles. The molecule has 1 unspecified atom stereocenters. The minimum absolute atomic E-state index is 0.0842. The van der Waals surface area contributed by atoms with Crippen molar-refractivity contribution in [3.05, 3.63) is 41.5 Å². The van der Waals surface area contributed by atoms with Gasteiger partial charge in [0.2, 0.25) is 0 Å². The number of benzene rings is 1. The van der Waals surface area contributed by atoms with Crippen LogP contribution in [0, 0.1) is 10.8 Å². The lowest BCUT2D eigenvalue weighted by Crippen LogP contribution is -2.28. The van der Waals surface area contributed by atoms with Crippen LogP contribution in [0.4, 0.5) is 0 Å². The number of rotatable bonds is 1. The van der Waals surface area contributed by atoms with Crippen LogP contribution in [0.5, 0.6) is 0 Å². The van der Waals surface area contributed by atoms with Gasteiger partial charge in [-0.25, -0.2) is 0 Å². The highest BCUT2D eigenvalue weighted by Crippen LogP contribution is 2.55. The molecule has 1 saturated carbocycles. The first-order valence-electron chi connectivity index (χ1n) is 6.24.